The lowest BCUT2D eigenvalue weighted by Gasteiger charge is -2.30. The minimum Gasteiger partial charge on any atom is -0.444 e. The summed E-state index contributed by atoms with van der Waals surface area (Å²) in [5.41, 5.74) is -0.739. The van der Waals surface area contributed by atoms with E-state index in [1.54, 1.807) is 6.07 Å². The highest BCUT2D eigenvalue weighted by molar-refractivity contribution is 5.79. The van der Waals surface area contributed by atoms with Crippen LogP contribution < -0.4 is 10.6 Å². The molecule has 3 rings (SSSR count). The van der Waals surface area contributed by atoms with E-state index in [2.05, 4.69) is 15.5 Å². The fourth-order valence-electron chi connectivity index (χ4n) is 5.68. The third kappa shape index (κ3) is 7.35. The summed E-state index contributed by atoms with van der Waals surface area (Å²) in [4.78, 5) is 27.1. The first kappa shape index (κ1) is 27.3. The maximum atomic E-state index is 13.2. The zero-order valence-corrected chi connectivity index (χ0v) is 21.1. The highest BCUT2D eigenvalue weighted by atomic mass is 19.4. The van der Waals surface area contributed by atoms with Gasteiger partial charge in [-0.15, -0.1) is 0 Å². The summed E-state index contributed by atoms with van der Waals surface area (Å²) in [6, 6.07) is 5.58. The van der Waals surface area contributed by atoms with Gasteiger partial charge in [-0.2, -0.15) is 13.2 Å². The molecular formula is C26H38F3N3O3. The van der Waals surface area contributed by atoms with Crippen LogP contribution in [0.15, 0.2) is 24.3 Å². The predicted octanol–water partition coefficient (Wildman–Crippen LogP) is 4.97. The number of alkyl halides is 3. The van der Waals surface area contributed by atoms with Crippen LogP contribution in [0.1, 0.15) is 64.0 Å². The summed E-state index contributed by atoms with van der Waals surface area (Å²) in [6.07, 6.45) is -0.973. The monoisotopic (exact) mass is 497 g/mol. The van der Waals surface area contributed by atoms with Crippen molar-refractivity contribution in [2.45, 2.75) is 77.2 Å². The molecule has 2 fully saturated rings. The molecule has 1 saturated carbocycles. The van der Waals surface area contributed by atoms with Crippen LogP contribution in [-0.2, 0) is 22.3 Å². The van der Waals surface area contributed by atoms with Crippen molar-refractivity contribution in [2.24, 2.45) is 17.8 Å². The number of amides is 2. The fraction of sp³-hybridized carbons (Fsp3) is 0.692. The Morgan fingerprint density at radius 1 is 1.20 bits per heavy atom. The average molecular weight is 498 g/mol. The Bertz CT molecular complexity index is 890. The second kappa shape index (κ2) is 11.2. The van der Waals surface area contributed by atoms with E-state index in [9.17, 15) is 22.8 Å². The number of likely N-dealkylation sites (tertiary alicyclic amines) is 1. The van der Waals surface area contributed by atoms with Crippen molar-refractivity contribution in [2.75, 3.05) is 20.1 Å². The maximum Gasteiger partial charge on any atom is 0.416 e. The lowest BCUT2D eigenvalue weighted by molar-refractivity contribution is -0.137. The van der Waals surface area contributed by atoms with Gasteiger partial charge in [0.1, 0.15) is 5.60 Å². The molecule has 0 aromatic heterocycles. The Morgan fingerprint density at radius 2 is 1.94 bits per heavy atom. The van der Waals surface area contributed by atoms with Crippen LogP contribution in [0.4, 0.5) is 18.0 Å². The van der Waals surface area contributed by atoms with Crippen LogP contribution in [0, 0.1) is 17.8 Å². The summed E-state index contributed by atoms with van der Waals surface area (Å²) < 4.78 is 44.6. The van der Waals surface area contributed by atoms with Gasteiger partial charge in [-0.1, -0.05) is 31.5 Å². The molecule has 1 saturated heterocycles. The molecule has 9 heteroatoms. The van der Waals surface area contributed by atoms with Crippen molar-refractivity contribution in [1.82, 2.24) is 15.5 Å². The van der Waals surface area contributed by atoms with Crippen molar-refractivity contribution >= 4 is 12.0 Å². The minimum absolute atomic E-state index is 0.0117. The molecule has 2 aliphatic rings. The molecule has 1 aliphatic carbocycles. The van der Waals surface area contributed by atoms with Crippen molar-refractivity contribution in [1.29, 1.82) is 0 Å². The third-order valence-electron chi connectivity index (χ3n) is 7.24. The molecule has 0 unspecified atom stereocenters. The van der Waals surface area contributed by atoms with Crippen LogP contribution >= 0.6 is 0 Å². The number of alkyl carbamates (subject to hydrolysis) is 1. The molecule has 2 amide bonds. The second-order valence-electron chi connectivity index (χ2n) is 10.6. The van der Waals surface area contributed by atoms with Crippen molar-refractivity contribution in [3.8, 4) is 0 Å². The minimum atomic E-state index is -4.35. The van der Waals surface area contributed by atoms with Gasteiger partial charge < -0.3 is 15.4 Å². The van der Waals surface area contributed by atoms with Crippen LogP contribution in [0.2, 0.25) is 0 Å². The highest BCUT2D eigenvalue weighted by Crippen LogP contribution is 2.39. The molecule has 1 heterocycles. The summed E-state index contributed by atoms with van der Waals surface area (Å²) in [6.45, 7) is 7.72. The van der Waals surface area contributed by atoms with Crippen molar-refractivity contribution < 1.29 is 27.5 Å². The summed E-state index contributed by atoms with van der Waals surface area (Å²) >= 11 is 0. The van der Waals surface area contributed by atoms with Gasteiger partial charge in [0.25, 0.3) is 0 Å². The number of hydrogen-bond donors (Lipinski definition) is 2. The number of benzene rings is 1. The standard InChI is InChI=1S/C26H38F3N3O3/c1-5-7-18(13-25(2,3)35-24(34)30-4)23(33)31-22-11-10-19-15-32(16-21(19)22)14-17-8-6-9-20(12-17)26(27,28)29/h6,8-9,12,18-19,21-22H,5,7,10-11,13-16H2,1-4H3,(H,30,34)(H,31,33)/t18-,19+,21-,22-/m0/s1. The molecular weight excluding hydrogens is 459 g/mol. The Balaban J connectivity index is 1.58. The molecule has 2 N–H and O–H groups in total. The number of nitrogens with zero attached hydrogens (tertiary/aromatic N) is 1. The molecule has 4 atom stereocenters. The van der Waals surface area contributed by atoms with E-state index in [0.29, 0.717) is 36.8 Å². The van der Waals surface area contributed by atoms with E-state index in [-0.39, 0.29) is 17.9 Å². The smallest absolute Gasteiger partial charge is 0.416 e. The first-order valence-corrected chi connectivity index (χ1v) is 12.5. The topological polar surface area (TPSA) is 70.7 Å². The second-order valence-corrected chi connectivity index (χ2v) is 10.6. The van der Waals surface area contributed by atoms with E-state index in [1.165, 1.54) is 19.2 Å². The number of rotatable bonds is 9. The van der Waals surface area contributed by atoms with Crippen LogP contribution in [0.3, 0.4) is 0 Å². The average Bonchev–Trinajstić information content (AvgIpc) is 3.33. The molecule has 1 aromatic rings. The first-order valence-electron chi connectivity index (χ1n) is 12.5. The van der Waals surface area contributed by atoms with Gasteiger partial charge in [-0.3, -0.25) is 9.69 Å². The lowest BCUT2D eigenvalue weighted by Crippen LogP contribution is -2.45. The molecule has 0 bridgehead atoms. The van der Waals surface area contributed by atoms with Crippen LogP contribution in [-0.4, -0.2) is 48.7 Å². The van der Waals surface area contributed by atoms with Gasteiger partial charge in [-0.25, -0.2) is 4.79 Å². The normalized spacial score (nSPS) is 23.6. The lowest BCUT2D eigenvalue weighted by atomic mass is 9.88. The number of halogens is 3. The summed E-state index contributed by atoms with van der Waals surface area (Å²) in [5.74, 6) is 0.453. The molecule has 6 nitrogen and oxygen atoms in total. The van der Waals surface area contributed by atoms with Gasteiger partial charge in [0.15, 0.2) is 0 Å². The molecule has 0 spiro atoms. The van der Waals surface area contributed by atoms with E-state index in [4.69, 9.17) is 4.74 Å². The number of fused-ring (bicyclic) bond motifs is 1. The fourth-order valence-corrected chi connectivity index (χ4v) is 5.68. The van der Waals surface area contributed by atoms with Crippen LogP contribution in [0.5, 0.6) is 0 Å². The molecule has 35 heavy (non-hydrogen) atoms. The molecule has 1 aliphatic heterocycles. The SMILES string of the molecule is CCC[C@@H](CC(C)(C)OC(=O)NC)C(=O)N[C@H]1CC[C@@H]2CN(Cc3cccc(C(F)(F)F)c3)C[C@@H]21. The van der Waals surface area contributed by atoms with Crippen molar-refractivity contribution in [3.63, 3.8) is 0 Å². The number of nitrogens with one attached hydrogen (secondary N) is 2. The third-order valence-corrected chi connectivity index (χ3v) is 7.24. The summed E-state index contributed by atoms with van der Waals surface area (Å²) in [5, 5.41) is 5.72. The van der Waals surface area contributed by atoms with E-state index in [0.717, 1.165) is 38.4 Å². The zero-order chi connectivity index (χ0) is 25.8. The van der Waals surface area contributed by atoms with E-state index in [1.807, 2.05) is 20.8 Å². The maximum absolute atomic E-state index is 13.2. The molecule has 196 valence electrons. The van der Waals surface area contributed by atoms with E-state index >= 15 is 0 Å². The molecule has 0 radical (unpaired) electrons. The predicted molar refractivity (Wildman–Crippen MR) is 128 cm³/mol. The Labute approximate surface area is 206 Å². The number of carbonyl (C=O) groups is 2. The van der Waals surface area contributed by atoms with Gasteiger partial charge >= 0.3 is 12.3 Å². The number of hydrogen-bond acceptors (Lipinski definition) is 4. The Kier molecular flexibility index (Phi) is 8.72. The summed E-state index contributed by atoms with van der Waals surface area (Å²) in [7, 11) is 1.50. The van der Waals surface area contributed by atoms with Gasteiger partial charge in [0.2, 0.25) is 5.91 Å². The van der Waals surface area contributed by atoms with E-state index < -0.39 is 23.4 Å². The van der Waals surface area contributed by atoms with Gasteiger partial charge in [0.05, 0.1) is 5.56 Å². The number of carbonyl (C=O) groups excluding carboxylic acids is 2. The Morgan fingerprint density at radius 3 is 2.60 bits per heavy atom. The Hall–Kier alpha value is -2.29. The largest absolute Gasteiger partial charge is 0.444 e. The number of ether oxygens (including phenoxy) is 1. The van der Waals surface area contributed by atoms with Crippen molar-refractivity contribution in [3.05, 3.63) is 35.4 Å². The quantitative estimate of drug-likeness (QED) is 0.505. The highest BCUT2D eigenvalue weighted by Gasteiger charge is 2.44. The zero-order valence-electron chi connectivity index (χ0n) is 21.1. The van der Waals surface area contributed by atoms with Gasteiger partial charge in [-0.05, 0) is 63.0 Å². The molecule has 1 aromatic carbocycles. The van der Waals surface area contributed by atoms with Crippen LogP contribution in [0.25, 0.3) is 0 Å². The first-order chi connectivity index (χ1) is 16.4. The van der Waals surface area contributed by atoms with Gasteiger partial charge in [0, 0.05) is 38.6 Å².